The van der Waals surface area contributed by atoms with Crippen LogP contribution in [0.15, 0.2) is 140 Å². The zero-order valence-electron chi connectivity index (χ0n) is 29.0. The second kappa shape index (κ2) is 49.3. The second-order valence-corrected chi connectivity index (χ2v) is 8.75. The first-order valence-electron chi connectivity index (χ1n) is 13.2. The summed E-state index contributed by atoms with van der Waals surface area (Å²) in [5, 5.41) is 0. The summed E-state index contributed by atoms with van der Waals surface area (Å²) < 4.78 is 0. The van der Waals surface area contributed by atoms with E-state index in [1.165, 1.54) is 61.0 Å². The molecule has 0 unspecified atom stereocenters. The van der Waals surface area contributed by atoms with Gasteiger partial charge in [-0.2, -0.15) is 0 Å². The van der Waals surface area contributed by atoms with Gasteiger partial charge in [0.1, 0.15) is 23.1 Å². The Balaban J connectivity index is -0.0000000713. The first kappa shape index (κ1) is 56.5. The van der Waals surface area contributed by atoms with Gasteiger partial charge in [0.05, 0.1) is 0 Å². The summed E-state index contributed by atoms with van der Waals surface area (Å²) in [6.07, 6.45) is 0. The molecule has 0 saturated carbocycles. The third kappa shape index (κ3) is 107. The molecule has 0 aliphatic rings. The molecule has 5 heteroatoms. The first-order valence-corrected chi connectivity index (χ1v) is 13.2. The van der Waals surface area contributed by atoms with Gasteiger partial charge in [-0.05, 0) is 62.3 Å². The Bertz CT molecular complexity index is 851. The molecule has 0 amide bonds. The summed E-state index contributed by atoms with van der Waals surface area (Å²) in [7, 11) is 0. The van der Waals surface area contributed by atoms with Crippen molar-refractivity contribution in [1.29, 1.82) is 0 Å². The maximum atomic E-state index is 9.44. The Kier molecular flexibility index (Phi) is 63.3. The number of Topliss-reactive ketones (excluding diaryl/α,β-unsaturated/α-hetero) is 4. The number of carbonyl (C=O) groups is 4. The normalized spacial score (nSPS) is 7.02. The SMILES string of the molecule is CC(C)=O.CC(C)=O.CC(C)=O.CC(C)=O.Cc1ccccc1.[CH3-].[CH3-].[Y].c1ccccc1.c1ccccc1.c1ccccc1. The molecule has 4 nitrogen and oxygen atoms in total. The van der Waals surface area contributed by atoms with Crippen LogP contribution >= 0.6 is 0 Å². The van der Waals surface area contributed by atoms with Crippen LogP contribution in [0, 0.1) is 21.8 Å². The van der Waals surface area contributed by atoms with Gasteiger partial charge in [-0.1, -0.05) is 145 Å². The van der Waals surface area contributed by atoms with Crippen molar-refractivity contribution in [3.63, 3.8) is 0 Å². The maximum absolute atomic E-state index is 9.44. The Labute approximate surface area is 295 Å². The fourth-order valence-corrected chi connectivity index (χ4v) is 1.69. The van der Waals surface area contributed by atoms with Crippen molar-refractivity contribution in [2.75, 3.05) is 0 Å². The van der Waals surface area contributed by atoms with E-state index in [2.05, 4.69) is 19.1 Å². The van der Waals surface area contributed by atoms with Crippen LogP contribution in [-0.2, 0) is 51.9 Å². The van der Waals surface area contributed by atoms with E-state index in [-0.39, 0.29) is 70.7 Å². The van der Waals surface area contributed by atoms with Crippen LogP contribution in [0.25, 0.3) is 0 Å². The van der Waals surface area contributed by atoms with E-state index in [0.717, 1.165) is 0 Å². The third-order valence-electron chi connectivity index (χ3n) is 2.94. The van der Waals surface area contributed by atoms with E-state index < -0.39 is 0 Å². The van der Waals surface area contributed by atoms with Crippen LogP contribution in [0.4, 0.5) is 0 Å². The largest absolute Gasteiger partial charge is 0.358 e. The Morgan fingerprint density at radius 3 is 0.477 bits per heavy atom. The van der Waals surface area contributed by atoms with E-state index in [1.807, 2.05) is 127 Å². The quantitative estimate of drug-likeness (QED) is 0.174. The van der Waals surface area contributed by atoms with Gasteiger partial charge in [-0.3, -0.25) is 0 Å². The van der Waals surface area contributed by atoms with Crippen LogP contribution in [0.2, 0.25) is 0 Å². The average molecular weight is 678 g/mol. The molecule has 0 N–H and O–H groups in total. The molecule has 0 bridgehead atoms. The van der Waals surface area contributed by atoms with Crippen molar-refractivity contribution in [2.45, 2.75) is 62.3 Å². The topological polar surface area (TPSA) is 68.3 Å². The summed E-state index contributed by atoms with van der Waals surface area (Å²) in [6.45, 7) is 14.3. The number of benzene rings is 4. The van der Waals surface area contributed by atoms with Gasteiger partial charge < -0.3 is 34.0 Å². The predicted molar refractivity (Wildman–Crippen MR) is 189 cm³/mol. The van der Waals surface area contributed by atoms with E-state index in [4.69, 9.17) is 0 Å². The molecular weight excluding hydrogens is 621 g/mol. The summed E-state index contributed by atoms with van der Waals surface area (Å²) in [6, 6.07) is 46.3. The van der Waals surface area contributed by atoms with Gasteiger partial charge in [0.25, 0.3) is 0 Å². The molecular formula is C39H56O4Y-2. The molecule has 4 aromatic carbocycles. The number of aryl methyl sites for hydroxylation is 1. The molecule has 0 spiro atoms. The Morgan fingerprint density at radius 1 is 0.318 bits per heavy atom. The smallest absolute Gasteiger partial charge is 0.126 e. The van der Waals surface area contributed by atoms with Crippen LogP contribution in [0.1, 0.15) is 61.0 Å². The molecule has 4 rings (SSSR count). The molecule has 4 aromatic rings. The van der Waals surface area contributed by atoms with Gasteiger partial charge in [-0.15, -0.1) is 0 Å². The molecule has 0 heterocycles. The summed E-state index contributed by atoms with van der Waals surface area (Å²) in [4.78, 5) is 37.8. The molecule has 0 aliphatic carbocycles. The monoisotopic (exact) mass is 677 g/mol. The first-order chi connectivity index (χ1) is 19.3. The van der Waals surface area contributed by atoms with Crippen molar-refractivity contribution in [3.8, 4) is 0 Å². The fourth-order valence-electron chi connectivity index (χ4n) is 1.69. The molecule has 0 fully saturated rings. The van der Waals surface area contributed by atoms with E-state index >= 15 is 0 Å². The Morgan fingerprint density at radius 2 is 0.409 bits per heavy atom. The summed E-state index contributed by atoms with van der Waals surface area (Å²) in [5.41, 5.74) is 1.32. The summed E-state index contributed by atoms with van der Waals surface area (Å²) >= 11 is 0. The number of hydrogen-bond donors (Lipinski definition) is 0. The Hall–Kier alpha value is -3.34. The van der Waals surface area contributed by atoms with Gasteiger partial charge in [-0.25, -0.2) is 0 Å². The van der Waals surface area contributed by atoms with Crippen LogP contribution in [-0.4, -0.2) is 23.1 Å². The van der Waals surface area contributed by atoms with Crippen molar-refractivity contribution in [1.82, 2.24) is 0 Å². The van der Waals surface area contributed by atoms with Gasteiger partial charge in [0, 0.05) is 32.7 Å². The van der Waals surface area contributed by atoms with Crippen LogP contribution in [0.3, 0.4) is 0 Å². The molecule has 0 atom stereocenters. The molecule has 44 heavy (non-hydrogen) atoms. The van der Waals surface area contributed by atoms with Crippen LogP contribution < -0.4 is 0 Å². The van der Waals surface area contributed by atoms with Crippen molar-refractivity contribution >= 4 is 23.1 Å². The molecule has 0 saturated heterocycles. The van der Waals surface area contributed by atoms with Gasteiger partial charge in [0.2, 0.25) is 0 Å². The second-order valence-electron chi connectivity index (χ2n) is 8.75. The van der Waals surface area contributed by atoms with E-state index in [9.17, 15) is 19.2 Å². The maximum Gasteiger partial charge on any atom is 0.126 e. The number of rotatable bonds is 0. The molecule has 0 aromatic heterocycles. The van der Waals surface area contributed by atoms with Crippen LogP contribution in [0.5, 0.6) is 0 Å². The molecule has 1 radical (unpaired) electrons. The third-order valence-corrected chi connectivity index (χ3v) is 2.94. The average Bonchev–Trinajstić information content (AvgIpc) is 2.92. The standard InChI is InChI=1S/C7H8.3C6H6.4C3H6O.2CH3.Y/c1-7-5-3-2-4-6-7;3*1-2-4-6-5-3-1;4*1-3(2)4;;;/h2-6H,1H3;3*1-6H;4*1-2H3;2*1H3;/q;;;;;;;;2*-1;. The zero-order valence-corrected chi connectivity index (χ0v) is 31.8. The summed E-state index contributed by atoms with van der Waals surface area (Å²) in [5.74, 6) is 0.667. The number of carbonyl (C=O) groups excluding carboxylic acids is 4. The molecule has 0 aliphatic heterocycles. The number of hydrogen-bond acceptors (Lipinski definition) is 4. The van der Waals surface area contributed by atoms with Crippen molar-refractivity contribution < 1.29 is 51.9 Å². The van der Waals surface area contributed by atoms with E-state index in [0.29, 0.717) is 0 Å². The number of ketones is 4. The van der Waals surface area contributed by atoms with Crippen molar-refractivity contribution in [2.24, 2.45) is 0 Å². The van der Waals surface area contributed by atoms with E-state index in [1.54, 1.807) is 0 Å². The minimum atomic E-state index is 0. The van der Waals surface area contributed by atoms with Crippen molar-refractivity contribution in [3.05, 3.63) is 160 Å². The fraction of sp³-hybridized carbons (Fsp3) is 0.231. The predicted octanol–water partition coefficient (Wildman–Crippen LogP) is 10.3. The minimum Gasteiger partial charge on any atom is -0.358 e. The van der Waals surface area contributed by atoms with Gasteiger partial charge in [0.15, 0.2) is 0 Å². The molecule has 241 valence electrons. The van der Waals surface area contributed by atoms with Gasteiger partial charge >= 0.3 is 0 Å². The zero-order chi connectivity index (χ0) is 32.2. The minimum absolute atomic E-state index is 0.